The predicted molar refractivity (Wildman–Crippen MR) is 62.7 cm³/mol. The molecule has 1 aliphatic heterocycles. The van der Waals surface area contributed by atoms with Crippen LogP contribution < -0.4 is 11.1 Å². The molecule has 0 radical (unpaired) electrons. The number of pyridine rings is 1. The van der Waals surface area contributed by atoms with Crippen LogP contribution in [0.3, 0.4) is 0 Å². The highest BCUT2D eigenvalue weighted by atomic mass is 32.2. The molecule has 1 atom stereocenters. The molecule has 0 aromatic carbocycles. The lowest BCUT2D eigenvalue weighted by molar-refractivity contribution is -0.119. The van der Waals surface area contributed by atoms with E-state index in [-0.39, 0.29) is 11.8 Å². The normalized spacial score (nSPS) is 20.1. The molecule has 1 aromatic rings. The van der Waals surface area contributed by atoms with Crippen molar-refractivity contribution < 1.29 is 4.79 Å². The molecule has 1 aliphatic rings. The Morgan fingerprint density at radius 1 is 1.67 bits per heavy atom. The van der Waals surface area contributed by atoms with Crippen molar-refractivity contribution in [2.24, 2.45) is 5.92 Å². The van der Waals surface area contributed by atoms with Crippen LogP contribution in [0.25, 0.3) is 0 Å². The molecule has 15 heavy (non-hydrogen) atoms. The van der Waals surface area contributed by atoms with E-state index in [9.17, 15) is 4.79 Å². The molecule has 80 valence electrons. The van der Waals surface area contributed by atoms with E-state index in [1.165, 1.54) is 0 Å². The molecular formula is C10H13N3OS. The van der Waals surface area contributed by atoms with Crippen LogP contribution in [0.1, 0.15) is 6.42 Å². The molecule has 0 aliphatic carbocycles. The maximum absolute atomic E-state index is 11.7. The van der Waals surface area contributed by atoms with E-state index < -0.39 is 0 Å². The minimum Gasteiger partial charge on any atom is -0.396 e. The zero-order valence-corrected chi connectivity index (χ0v) is 9.09. The van der Waals surface area contributed by atoms with Crippen LogP contribution in [0.2, 0.25) is 0 Å². The summed E-state index contributed by atoms with van der Waals surface area (Å²) in [5, 5.41) is 2.76. The molecule has 1 fully saturated rings. The topological polar surface area (TPSA) is 68.0 Å². The first-order chi connectivity index (χ1) is 7.27. The first kappa shape index (κ1) is 10.3. The van der Waals surface area contributed by atoms with Crippen molar-refractivity contribution in [1.82, 2.24) is 4.98 Å². The lowest BCUT2D eigenvalue weighted by atomic mass is 10.1. The number of hydrogen-bond donors (Lipinski definition) is 2. The molecule has 1 saturated heterocycles. The van der Waals surface area contributed by atoms with E-state index in [2.05, 4.69) is 10.3 Å². The molecule has 2 rings (SSSR count). The van der Waals surface area contributed by atoms with Gasteiger partial charge in [-0.15, -0.1) is 0 Å². The summed E-state index contributed by atoms with van der Waals surface area (Å²) in [5.41, 5.74) is 6.20. The lowest BCUT2D eigenvalue weighted by Gasteiger charge is -2.10. The van der Waals surface area contributed by atoms with Crippen molar-refractivity contribution in [2.45, 2.75) is 6.42 Å². The molecule has 4 nitrogen and oxygen atoms in total. The molecule has 1 unspecified atom stereocenters. The lowest BCUT2D eigenvalue weighted by Crippen LogP contribution is -2.23. The number of rotatable bonds is 2. The molecule has 3 N–H and O–H groups in total. The van der Waals surface area contributed by atoms with Crippen LogP contribution in [0, 0.1) is 5.92 Å². The van der Waals surface area contributed by atoms with Gasteiger partial charge in [-0.05, 0) is 24.3 Å². The van der Waals surface area contributed by atoms with Gasteiger partial charge in [-0.25, -0.2) is 4.98 Å². The Balaban J connectivity index is 2.02. The van der Waals surface area contributed by atoms with E-state index in [1.807, 2.05) is 11.8 Å². The summed E-state index contributed by atoms with van der Waals surface area (Å²) in [6.45, 7) is 0. The van der Waals surface area contributed by atoms with E-state index in [1.54, 1.807) is 18.3 Å². The molecular weight excluding hydrogens is 210 g/mol. The number of thioether (sulfide) groups is 1. The standard InChI is InChI=1S/C10H13N3OS/c11-8-2-1-4-12-9(8)13-10(14)7-3-5-15-6-7/h1-2,4,7H,3,5-6,11H2,(H,12,13,14). The Bertz CT molecular complexity index is 363. The Hall–Kier alpha value is -1.23. The third-order valence-electron chi connectivity index (χ3n) is 2.38. The van der Waals surface area contributed by atoms with Crippen molar-refractivity contribution in [3.05, 3.63) is 18.3 Å². The van der Waals surface area contributed by atoms with Gasteiger partial charge in [-0.1, -0.05) is 0 Å². The highest BCUT2D eigenvalue weighted by Crippen LogP contribution is 2.25. The Labute approximate surface area is 92.6 Å². The van der Waals surface area contributed by atoms with Gasteiger partial charge < -0.3 is 11.1 Å². The number of hydrogen-bond acceptors (Lipinski definition) is 4. The Morgan fingerprint density at radius 2 is 2.53 bits per heavy atom. The number of aromatic nitrogens is 1. The zero-order valence-electron chi connectivity index (χ0n) is 8.27. The van der Waals surface area contributed by atoms with Gasteiger partial charge in [0.15, 0.2) is 5.82 Å². The van der Waals surface area contributed by atoms with E-state index in [0.717, 1.165) is 17.9 Å². The zero-order chi connectivity index (χ0) is 10.7. The van der Waals surface area contributed by atoms with Gasteiger partial charge in [-0.3, -0.25) is 4.79 Å². The smallest absolute Gasteiger partial charge is 0.229 e. The summed E-state index contributed by atoms with van der Waals surface area (Å²) in [6, 6.07) is 3.47. The van der Waals surface area contributed by atoms with Crippen molar-refractivity contribution in [3.63, 3.8) is 0 Å². The van der Waals surface area contributed by atoms with Crippen LogP contribution in [-0.2, 0) is 4.79 Å². The van der Waals surface area contributed by atoms with Crippen molar-refractivity contribution in [1.29, 1.82) is 0 Å². The first-order valence-electron chi connectivity index (χ1n) is 4.86. The molecule has 2 heterocycles. The maximum Gasteiger partial charge on any atom is 0.229 e. The SMILES string of the molecule is Nc1cccnc1NC(=O)C1CCSC1. The van der Waals surface area contributed by atoms with Gasteiger partial charge in [0.2, 0.25) is 5.91 Å². The fourth-order valence-electron chi connectivity index (χ4n) is 1.48. The number of anilines is 2. The number of amides is 1. The Kier molecular flexibility index (Phi) is 3.11. The largest absolute Gasteiger partial charge is 0.396 e. The summed E-state index contributed by atoms with van der Waals surface area (Å²) in [5.74, 6) is 2.58. The minimum atomic E-state index is 0.0328. The van der Waals surface area contributed by atoms with Crippen molar-refractivity contribution >= 4 is 29.2 Å². The monoisotopic (exact) mass is 223 g/mol. The fraction of sp³-hybridized carbons (Fsp3) is 0.400. The second-order valence-corrected chi connectivity index (χ2v) is 4.64. The Morgan fingerprint density at radius 3 is 3.20 bits per heavy atom. The second-order valence-electron chi connectivity index (χ2n) is 3.49. The summed E-state index contributed by atoms with van der Waals surface area (Å²) in [7, 11) is 0. The molecule has 0 bridgehead atoms. The van der Waals surface area contributed by atoms with Gasteiger partial charge in [0.1, 0.15) is 0 Å². The number of nitrogens with one attached hydrogen (secondary N) is 1. The molecule has 1 aromatic heterocycles. The van der Waals surface area contributed by atoms with Gasteiger partial charge in [0, 0.05) is 17.9 Å². The van der Waals surface area contributed by atoms with Crippen LogP contribution in [0.5, 0.6) is 0 Å². The van der Waals surface area contributed by atoms with Crippen LogP contribution in [-0.4, -0.2) is 22.4 Å². The first-order valence-corrected chi connectivity index (χ1v) is 6.02. The van der Waals surface area contributed by atoms with Gasteiger partial charge in [0.25, 0.3) is 0 Å². The van der Waals surface area contributed by atoms with Crippen molar-refractivity contribution in [2.75, 3.05) is 22.6 Å². The molecule has 0 saturated carbocycles. The van der Waals surface area contributed by atoms with E-state index >= 15 is 0 Å². The summed E-state index contributed by atoms with van der Waals surface area (Å²) in [6.07, 6.45) is 2.57. The second kappa shape index (κ2) is 4.53. The van der Waals surface area contributed by atoms with Crippen molar-refractivity contribution in [3.8, 4) is 0 Å². The highest BCUT2D eigenvalue weighted by Gasteiger charge is 2.23. The van der Waals surface area contributed by atoms with E-state index in [0.29, 0.717) is 11.5 Å². The van der Waals surface area contributed by atoms with Gasteiger partial charge in [0.05, 0.1) is 5.69 Å². The fourth-order valence-corrected chi connectivity index (χ4v) is 2.70. The summed E-state index contributed by atoms with van der Waals surface area (Å²) < 4.78 is 0. The molecule has 5 heteroatoms. The van der Waals surface area contributed by atoms with Gasteiger partial charge in [-0.2, -0.15) is 11.8 Å². The minimum absolute atomic E-state index is 0.0328. The summed E-state index contributed by atoms with van der Waals surface area (Å²) in [4.78, 5) is 15.8. The molecule has 1 amide bonds. The number of nitrogen functional groups attached to an aromatic ring is 1. The maximum atomic E-state index is 11.7. The van der Waals surface area contributed by atoms with E-state index in [4.69, 9.17) is 5.73 Å². The average molecular weight is 223 g/mol. The number of nitrogens with two attached hydrogens (primary N) is 1. The predicted octanol–water partition coefficient (Wildman–Crippen LogP) is 1.36. The highest BCUT2D eigenvalue weighted by molar-refractivity contribution is 7.99. The van der Waals surface area contributed by atoms with Crippen LogP contribution in [0.4, 0.5) is 11.5 Å². The quantitative estimate of drug-likeness (QED) is 0.794. The average Bonchev–Trinajstić information content (AvgIpc) is 2.74. The number of carbonyl (C=O) groups is 1. The summed E-state index contributed by atoms with van der Waals surface area (Å²) >= 11 is 1.81. The van der Waals surface area contributed by atoms with Crippen LogP contribution >= 0.6 is 11.8 Å². The van der Waals surface area contributed by atoms with Gasteiger partial charge >= 0.3 is 0 Å². The third-order valence-corrected chi connectivity index (χ3v) is 3.54. The number of nitrogens with zero attached hydrogens (tertiary/aromatic N) is 1. The third kappa shape index (κ3) is 2.41. The molecule has 0 spiro atoms. The number of carbonyl (C=O) groups excluding carboxylic acids is 1. The van der Waals surface area contributed by atoms with Crippen LogP contribution in [0.15, 0.2) is 18.3 Å².